The predicted molar refractivity (Wildman–Crippen MR) is 80.3 cm³/mol. The van der Waals surface area contributed by atoms with Gasteiger partial charge in [-0.1, -0.05) is 26.7 Å². The zero-order chi connectivity index (χ0) is 14.5. The highest BCUT2D eigenvalue weighted by Crippen LogP contribution is 2.32. The highest BCUT2D eigenvalue weighted by Gasteiger charge is 2.42. The summed E-state index contributed by atoms with van der Waals surface area (Å²) in [6.45, 7) is 5.94. The van der Waals surface area contributed by atoms with Gasteiger partial charge in [0.15, 0.2) is 0 Å². The summed E-state index contributed by atoms with van der Waals surface area (Å²) >= 11 is 0. The number of nitrogens with zero attached hydrogens (tertiary/aromatic N) is 1. The first kappa shape index (κ1) is 15.8. The molecule has 116 valence electrons. The molecule has 1 N–H and O–H groups in total. The summed E-state index contributed by atoms with van der Waals surface area (Å²) in [5.74, 6) is 1.52. The number of nitrogens with one attached hydrogen (secondary N) is 1. The van der Waals surface area contributed by atoms with Crippen LogP contribution in [0.5, 0.6) is 0 Å². The molecule has 1 aliphatic heterocycles. The van der Waals surface area contributed by atoms with Gasteiger partial charge in [-0.3, -0.25) is 10.1 Å². The maximum Gasteiger partial charge on any atom is 0.241 e. The summed E-state index contributed by atoms with van der Waals surface area (Å²) in [7, 11) is 1.72. The number of carbonyl (C=O) groups is 1. The van der Waals surface area contributed by atoms with Crippen LogP contribution in [-0.2, 0) is 9.53 Å². The van der Waals surface area contributed by atoms with Crippen LogP contribution in [0.3, 0.4) is 0 Å². The molecule has 0 aromatic carbocycles. The first-order chi connectivity index (χ1) is 9.63. The van der Waals surface area contributed by atoms with E-state index >= 15 is 0 Å². The van der Waals surface area contributed by atoms with Crippen molar-refractivity contribution in [3.05, 3.63) is 0 Å². The largest absolute Gasteiger partial charge is 0.385 e. The lowest BCUT2D eigenvalue weighted by Crippen LogP contribution is -2.43. The molecule has 2 fully saturated rings. The monoisotopic (exact) mass is 282 g/mol. The van der Waals surface area contributed by atoms with Gasteiger partial charge in [-0.05, 0) is 37.5 Å². The third-order valence-corrected chi connectivity index (χ3v) is 4.59. The molecule has 2 unspecified atom stereocenters. The summed E-state index contributed by atoms with van der Waals surface area (Å²) in [6.07, 6.45) is 7.31. The van der Waals surface area contributed by atoms with Gasteiger partial charge in [-0.15, -0.1) is 0 Å². The van der Waals surface area contributed by atoms with Crippen molar-refractivity contribution in [3.8, 4) is 0 Å². The molecule has 2 atom stereocenters. The summed E-state index contributed by atoms with van der Waals surface area (Å²) in [4.78, 5) is 14.7. The minimum Gasteiger partial charge on any atom is -0.385 e. The highest BCUT2D eigenvalue weighted by atomic mass is 16.5. The zero-order valence-electron chi connectivity index (χ0n) is 13.2. The summed E-state index contributed by atoms with van der Waals surface area (Å²) < 4.78 is 5.13. The normalized spacial score (nSPS) is 28.0. The van der Waals surface area contributed by atoms with Crippen molar-refractivity contribution in [1.29, 1.82) is 0 Å². The smallest absolute Gasteiger partial charge is 0.241 e. The average Bonchev–Trinajstić information content (AvgIpc) is 3.01. The van der Waals surface area contributed by atoms with Gasteiger partial charge in [0.05, 0.1) is 12.2 Å². The number of hydrogen-bond acceptors (Lipinski definition) is 3. The second-order valence-electron chi connectivity index (χ2n) is 6.72. The van der Waals surface area contributed by atoms with E-state index in [1.54, 1.807) is 7.11 Å². The Kier molecular flexibility index (Phi) is 5.85. The molecule has 1 saturated carbocycles. The predicted octanol–water partition coefficient (Wildman–Crippen LogP) is 2.39. The topological polar surface area (TPSA) is 41.6 Å². The van der Waals surface area contributed by atoms with Crippen molar-refractivity contribution in [1.82, 2.24) is 10.2 Å². The molecule has 0 aromatic heterocycles. The average molecular weight is 282 g/mol. The fourth-order valence-electron chi connectivity index (χ4n) is 3.64. The van der Waals surface area contributed by atoms with Crippen molar-refractivity contribution in [2.45, 2.75) is 64.6 Å². The molecular formula is C16H30N2O2. The molecule has 2 rings (SSSR count). The van der Waals surface area contributed by atoms with E-state index in [1.165, 1.54) is 25.7 Å². The van der Waals surface area contributed by atoms with Gasteiger partial charge in [0.2, 0.25) is 5.91 Å². The first-order valence-corrected chi connectivity index (χ1v) is 8.19. The standard InChI is InChI=1S/C16H30N2O2/c1-12(2)11-14-16(19)18(9-6-10-20-3)15(17-14)13-7-4-5-8-13/h12-15,17H,4-11H2,1-3H3. The molecular weight excluding hydrogens is 252 g/mol. The van der Waals surface area contributed by atoms with E-state index in [0.717, 1.165) is 26.0 Å². The van der Waals surface area contributed by atoms with Gasteiger partial charge in [-0.2, -0.15) is 0 Å². The van der Waals surface area contributed by atoms with Gasteiger partial charge in [0.25, 0.3) is 0 Å². The fourth-order valence-corrected chi connectivity index (χ4v) is 3.64. The van der Waals surface area contributed by atoms with E-state index in [0.29, 0.717) is 17.7 Å². The van der Waals surface area contributed by atoms with Crippen LogP contribution in [0.1, 0.15) is 52.4 Å². The maximum atomic E-state index is 12.6. The van der Waals surface area contributed by atoms with Crippen molar-refractivity contribution < 1.29 is 9.53 Å². The number of methoxy groups -OCH3 is 1. The molecule has 20 heavy (non-hydrogen) atoms. The molecule has 1 aliphatic carbocycles. The Morgan fingerprint density at radius 1 is 1.35 bits per heavy atom. The van der Waals surface area contributed by atoms with Crippen LogP contribution in [0.2, 0.25) is 0 Å². The maximum absolute atomic E-state index is 12.6. The Balaban J connectivity index is 1.99. The lowest BCUT2D eigenvalue weighted by molar-refractivity contribution is -0.131. The summed E-state index contributed by atoms with van der Waals surface area (Å²) in [5.41, 5.74) is 0. The van der Waals surface area contributed by atoms with Gasteiger partial charge in [0, 0.05) is 20.3 Å². The van der Waals surface area contributed by atoms with Gasteiger partial charge in [0.1, 0.15) is 0 Å². The SMILES string of the molecule is COCCCN1C(=O)C(CC(C)C)NC1C1CCCC1. The Morgan fingerprint density at radius 2 is 2.05 bits per heavy atom. The Bertz CT molecular complexity index is 314. The number of amides is 1. The van der Waals surface area contributed by atoms with E-state index in [4.69, 9.17) is 4.74 Å². The first-order valence-electron chi connectivity index (χ1n) is 8.19. The Morgan fingerprint density at radius 3 is 2.65 bits per heavy atom. The highest BCUT2D eigenvalue weighted by molar-refractivity contribution is 5.84. The van der Waals surface area contributed by atoms with Crippen molar-refractivity contribution in [2.75, 3.05) is 20.3 Å². The molecule has 4 nitrogen and oxygen atoms in total. The van der Waals surface area contributed by atoms with Crippen LogP contribution >= 0.6 is 0 Å². The number of carbonyl (C=O) groups excluding carboxylic acids is 1. The quantitative estimate of drug-likeness (QED) is 0.729. The van der Waals surface area contributed by atoms with E-state index < -0.39 is 0 Å². The van der Waals surface area contributed by atoms with E-state index in [-0.39, 0.29) is 12.2 Å². The van der Waals surface area contributed by atoms with E-state index in [2.05, 4.69) is 24.1 Å². The molecule has 0 bridgehead atoms. The second-order valence-corrected chi connectivity index (χ2v) is 6.72. The van der Waals surface area contributed by atoms with Crippen molar-refractivity contribution in [2.24, 2.45) is 11.8 Å². The van der Waals surface area contributed by atoms with Gasteiger partial charge in [-0.25, -0.2) is 0 Å². The van der Waals surface area contributed by atoms with Crippen molar-refractivity contribution >= 4 is 5.91 Å². The van der Waals surface area contributed by atoms with Crippen molar-refractivity contribution in [3.63, 3.8) is 0 Å². The molecule has 2 aliphatic rings. The Labute approximate surface area is 123 Å². The van der Waals surface area contributed by atoms with Gasteiger partial charge < -0.3 is 9.64 Å². The molecule has 0 radical (unpaired) electrons. The molecule has 4 heteroatoms. The Hall–Kier alpha value is -0.610. The fraction of sp³-hybridized carbons (Fsp3) is 0.938. The van der Waals surface area contributed by atoms with Crippen LogP contribution < -0.4 is 5.32 Å². The van der Waals surface area contributed by atoms with Crippen LogP contribution in [-0.4, -0.2) is 43.3 Å². The van der Waals surface area contributed by atoms with Crippen LogP contribution in [0.25, 0.3) is 0 Å². The molecule has 1 amide bonds. The summed E-state index contributed by atoms with van der Waals surface area (Å²) in [5, 5.41) is 3.63. The minimum absolute atomic E-state index is 0.0307. The molecule has 0 spiro atoms. The number of ether oxygens (including phenoxy) is 1. The lowest BCUT2D eigenvalue weighted by atomic mass is 10.0. The van der Waals surface area contributed by atoms with Crippen LogP contribution in [0.4, 0.5) is 0 Å². The summed E-state index contributed by atoms with van der Waals surface area (Å²) in [6, 6.07) is 0.0307. The zero-order valence-corrected chi connectivity index (χ0v) is 13.2. The number of hydrogen-bond donors (Lipinski definition) is 1. The van der Waals surface area contributed by atoms with Crippen LogP contribution in [0.15, 0.2) is 0 Å². The minimum atomic E-state index is 0.0307. The third-order valence-electron chi connectivity index (χ3n) is 4.59. The third kappa shape index (κ3) is 3.73. The molecule has 1 saturated heterocycles. The second kappa shape index (κ2) is 7.41. The molecule has 0 aromatic rings. The molecule has 1 heterocycles. The van der Waals surface area contributed by atoms with Gasteiger partial charge >= 0.3 is 0 Å². The van der Waals surface area contributed by atoms with E-state index in [9.17, 15) is 4.79 Å². The van der Waals surface area contributed by atoms with Crippen LogP contribution in [0, 0.1) is 11.8 Å². The lowest BCUT2D eigenvalue weighted by Gasteiger charge is -2.29. The number of rotatable bonds is 7. The van der Waals surface area contributed by atoms with E-state index in [1.807, 2.05) is 0 Å².